The van der Waals surface area contributed by atoms with E-state index in [1.807, 2.05) is 6.07 Å². The molecule has 5 nitrogen and oxygen atoms in total. The molecule has 0 saturated carbocycles. The number of hydrogen-bond acceptors (Lipinski definition) is 5. The maximum absolute atomic E-state index is 6.21. The number of benzene rings is 1. The Morgan fingerprint density at radius 2 is 2.00 bits per heavy atom. The van der Waals surface area contributed by atoms with Crippen LogP contribution in [0.25, 0.3) is 0 Å². The van der Waals surface area contributed by atoms with Gasteiger partial charge in [-0.2, -0.15) is 0 Å². The second-order valence-corrected chi connectivity index (χ2v) is 6.99. The number of likely N-dealkylation sites (N-methyl/N-ethyl adjacent to an activating group) is 1. The summed E-state index contributed by atoms with van der Waals surface area (Å²) in [4.78, 5) is 14.1. The lowest BCUT2D eigenvalue weighted by molar-refractivity contribution is -0.0177. The van der Waals surface area contributed by atoms with Crippen molar-refractivity contribution in [2.24, 2.45) is 0 Å². The van der Waals surface area contributed by atoms with Crippen LogP contribution in [0.4, 0.5) is 5.82 Å². The molecule has 0 unspecified atom stereocenters. The van der Waals surface area contributed by atoms with E-state index in [0.29, 0.717) is 0 Å². The zero-order chi connectivity index (χ0) is 17.2. The monoisotopic (exact) mass is 338 g/mol. The van der Waals surface area contributed by atoms with Crippen molar-refractivity contribution in [1.82, 2.24) is 14.9 Å². The molecule has 4 rings (SSSR count). The van der Waals surface area contributed by atoms with Crippen molar-refractivity contribution in [3.63, 3.8) is 0 Å². The molecule has 0 spiro atoms. The highest BCUT2D eigenvalue weighted by Crippen LogP contribution is 2.31. The molecular formula is C20H26N4O. The molecule has 1 aromatic heterocycles. The van der Waals surface area contributed by atoms with Crippen LogP contribution in [0.5, 0.6) is 0 Å². The second kappa shape index (κ2) is 7.10. The fraction of sp³-hybridized carbons (Fsp3) is 0.500. The van der Waals surface area contributed by atoms with Crippen LogP contribution in [0.2, 0.25) is 0 Å². The highest BCUT2D eigenvalue weighted by atomic mass is 16.5. The standard InChI is InChI=1S/C20H26N4O/c1-3-23-10-9-18-17(12-23)20(22-14-21-18)24-11-15(2)25-19(13-24)16-7-5-4-6-8-16/h4-8,14-15,19H,3,9-13H2,1-2H3/t15-,19-/m0/s1. The largest absolute Gasteiger partial charge is 0.367 e. The van der Waals surface area contributed by atoms with Crippen LogP contribution in [0.15, 0.2) is 36.7 Å². The quantitative estimate of drug-likeness (QED) is 0.861. The average Bonchev–Trinajstić information content (AvgIpc) is 2.67. The average molecular weight is 338 g/mol. The van der Waals surface area contributed by atoms with E-state index in [2.05, 4.69) is 57.9 Å². The van der Waals surface area contributed by atoms with Crippen molar-refractivity contribution < 1.29 is 4.74 Å². The van der Waals surface area contributed by atoms with E-state index in [4.69, 9.17) is 4.74 Å². The summed E-state index contributed by atoms with van der Waals surface area (Å²) >= 11 is 0. The van der Waals surface area contributed by atoms with Gasteiger partial charge in [-0.05, 0) is 19.0 Å². The number of morpholine rings is 1. The Bertz CT molecular complexity index is 721. The Balaban J connectivity index is 1.63. The topological polar surface area (TPSA) is 41.5 Å². The predicted octanol–water partition coefficient (Wildman–Crippen LogP) is 2.82. The lowest BCUT2D eigenvalue weighted by Crippen LogP contribution is -2.44. The van der Waals surface area contributed by atoms with Crippen molar-refractivity contribution in [3.05, 3.63) is 53.5 Å². The number of rotatable bonds is 3. The van der Waals surface area contributed by atoms with E-state index >= 15 is 0 Å². The zero-order valence-corrected chi connectivity index (χ0v) is 15.1. The highest BCUT2D eigenvalue weighted by Gasteiger charge is 2.30. The van der Waals surface area contributed by atoms with Gasteiger partial charge in [0.2, 0.25) is 0 Å². The zero-order valence-electron chi connectivity index (χ0n) is 15.1. The molecule has 1 saturated heterocycles. The van der Waals surface area contributed by atoms with Gasteiger partial charge >= 0.3 is 0 Å². The van der Waals surface area contributed by atoms with E-state index in [1.54, 1.807) is 6.33 Å². The van der Waals surface area contributed by atoms with Crippen molar-refractivity contribution in [2.45, 2.75) is 39.0 Å². The van der Waals surface area contributed by atoms with Gasteiger partial charge in [0.1, 0.15) is 18.2 Å². The summed E-state index contributed by atoms with van der Waals surface area (Å²) in [6, 6.07) is 10.5. The Hall–Kier alpha value is -1.98. The van der Waals surface area contributed by atoms with Crippen LogP contribution in [0, 0.1) is 0 Å². The summed E-state index contributed by atoms with van der Waals surface area (Å²) in [5.41, 5.74) is 3.75. The van der Waals surface area contributed by atoms with Gasteiger partial charge < -0.3 is 9.64 Å². The SMILES string of the molecule is CCN1CCc2ncnc(N3C[C@@H](c4ccccc4)O[C@@H](C)C3)c2C1. The molecule has 0 bridgehead atoms. The van der Waals surface area contributed by atoms with Gasteiger partial charge in [-0.15, -0.1) is 0 Å². The molecule has 0 amide bonds. The van der Waals surface area contributed by atoms with E-state index in [0.717, 1.165) is 45.0 Å². The van der Waals surface area contributed by atoms with Gasteiger partial charge in [0, 0.05) is 38.2 Å². The van der Waals surface area contributed by atoms with Gasteiger partial charge in [-0.3, -0.25) is 4.90 Å². The first kappa shape index (κ1) is 16.5. The van der Waals surface area contributed by atoms with Crippen LogP contribution in [0.1, 0.15) is 36.8 Å². The third-order valence-corrected chi connectivity index (χ3v) is 5.24. The molecule has 132 valence electrons. The van der Waals surface area contributed by atoms with Gasteiger partial charge in [-0.25, -0.2) is 9.97 Å². The first-order valence-corrected chi connectivity index (χ1v) is 9.25. The summed E-state index contributed by atoms with van der Waals surface area (Å²) < 4.78 is 6.21. The first-order valence-electron chi connectivity index (χ1n) is 9.25. The van der Waals surface area contributed by atoms with Crippen LogP contribution < -0.4 is 4.90 Å². The fourth-order valence-corrected chi connectivity index (χ4v) is 3.90. The number of anilines is 1. The third kappa shape index (κ3) is 3.39. The molecule has 2 atom stereocenters. The van der Waals surface area contributed by atoms with E-state index in [1.165, 1.54) is 16.8 Å². The smallest absolute Gasteiger partial charge is 0.136 e. The summed E-state index contributed by atoms with van der Waals surface area (Å²) in [5, 5.41) is 0. The molecule has 2 aromatic rings. The molecule has 1 aromatic carbocycles. The maximum Gasteiger partial charge on any atom is 0.136 e. The molecule has 2 aliphatic heterocycles. The molecule has 2 aliphatic rings. The Kier molecular flexibility index (Phi) is 4.68. The van der Waals surface area contributed by atoms with E-state index in [-0.39, 0.29) is 12.2 Å². The number of nitrogens with zero attached hydrogens (tertiary/aromatic N) is 4. The number of ether oxygens (including phenoxy) is 1. The maximum atomic E-state index is 6.21. The summed E-state index contributed by atoms with van der Waals surface area (Å²) in [6.07, 6.45) is 3.01. The summed E-state index contributed by atoms with van der Waals surface area (Å²) in [7, 11) is 0. The molecule has 25 heavy (non-hydrogen) atoms. The normalized spacial score (nSPS) is 24.2. The lowest BCUT2D eigenvalue weighted by Gasteiger charge is -2.39. The molecule has 5 heteroatoms. The van der Waals surface area contributed by atoms with Crippen molar-refractivity contribution in [2.75, 3.05) is 31.1 Å². The van der Waals surface area contributed by atoms with Crippen molar-refractivity contribution in [3.8, 4) is 0 Å². The molecule has 0 aliphatic carbocycles. The molecule has 1 fully saturated rings. The van der Waals surface area contributed by atoms with Gasteiger partial charge in [-0.1, -0.05) is 37.3 Å². The molecule has 3 heterocycles. The first-order chi connectivity index (χ1) is 12.2. The molecule has 0 radical (unpaired) electrons. The minimum atomic E-state index is 0.0847. The third-order valence-electron chi connectivity index (χ3n) is 5.24. The van der Waals surface area contributed by atoms with Crippen LogP contribution in [-0.4, -0.2) is 47.2 Å². The number of aromatic nitrogens is 2. The minimum absolute atomic E-state index is 0.0847. The number of hydrogen-bond donors (Lipinski definition) is 0. The predicted molar refractivity (Wildman–Crippen MR) is 98.6 cm³/mol. The van der Waals surface area contributed by atoms with Crippen LogP contribution in [-0.2, 0) is 17.7 Å². The molecular weight excluding hydrogens is 312 g/mol. The van der Waals surface area contributed by atoms with Crippen molar-refractivity contribution >= 4 is 5.82 Å². The van der Waals surface area contributed by atoms with Crippen LogP contribution >= 0.6 is 0 Å². The summed E-state index contributed by atoms with van der Waals surface area (Å²) in [6.45, 7) is 9.18. The highest BCUT2D eigenvalue weighted by molar-refractivity contribution is 5.50. The van der Waals surface area contributed by atoms with Gasteiger partial charge in [0.25, 0.3) is 0 Å². The van der Waals surface area contributed by atoms with Gasteiger partial charge in [0.05, 0.1) is 11.8 Å². The van der Waals surface area contributed by atoms with E-state index in [9.17, 15) is 0 Å². The second-order valence-electron chi connectivity index (χ2n) is 6.99. The summed E-state index contributed by atoms with van der Waals surface area (Å²) in [5.74, 6) is 1.10. The lowest BCUT2D eigenvalue weighted by atomic mass is 10.0. The van der Waals surface area contributed by atoms with E-state index < -0.39 is 0 Å². The van der Waals surface area contributed by atoms with Crippen molar-refractivity contribution in [1.29, 1.82) is 0 Å². The Morgan fingerprint density at radius 1 is 1.16 bits per heavy atom. The minimum Gasteiger partial charge on any atom is -0.367 e. The molecule has 0 N–H and O–H groups in total. The Morgan fingerprint density at radius 3 is 2.80 bits per heavy atom. The van der Waals surface area contributed by atoms with Gasteiger partial charge in [0.15, 0.2) is 0 Å². The fourth-order valence-electron chi connectivity index (χ4n) is 3.90. The van der Waals surface area contributed by atoms with Crippen LogP contribution in [0.3, 0.4) is 0 Å². The Labute approximate surface area is 149 Å². The number of fused-ring (bicyclic) bond motifs is 1.